The van der Waals surface area contributed by atoms with Gasteiger partial charge in [0.25, 0.3) is 0 Å². The van der Waals surface area contributed by atoms with Crippen LogP contribution in [0, 0.1) is 23.7 Å². The van der Waals surface area contributed by atoms with Crippen LogP contribution in [0.2, 0.25) is 0 Å². The molecule has 5 rings (SSSR count). The number of carbonyl (C=O) groups excluding carboxylic acids is 1. The molecule has 2 N–H and O–H groups in total. The quantitative estimate of drug-likeness (QED) is 0.776. The summed E-state index contributed by atoms with van der Waals surface area (Å²) < 4.78 is 47.5. The number of nitrogens with one attached hydrogen (secondary N) is 1. The zero-order valence-electron chi connectivity index (χ0n) is 16.7. The van der Waals surface area contributed by atoms with E-state index in [1.54, 1.807) is 11.7 Å². The van der Waals surface area contributed by atoms with E-state index in [-0.39, 0.29) is 5.69 Å². The van der Waals surface area contributed by atoms with Gasteiger partial charge in [0, 0.05) is 36.3 Å². The van der Waals surface area contributed by atoms with Gasteiger partial charge in [0.15, 0.2) is 0 Å². The Kier molecular flexibility index (Phi) is 3.93. The number of amides is 1. The zero-order valence-corrected chi connectivity index (χ0v) is 16.7. The lowest BCUT2D eigenvalue weighted by Gasteiger charge is -2.29. The third kappa shape index (κ3) is 2.47. The molecule has 1 aliphatic carbocycles. The highest BCUT2D eigenvalue weighted by atomic mass is 19.4. The lowest BCUT2D eigenvalue weighted by Crippen LogP contribution is -2.44. The van der Waals surface area contributed by atoms with Gasteiger partial charge in [-0.15, -0.1) is 0 Å². The van der Waals surface area contributed by atoms with Crippen LogP contribution < -0.4 is 5.32 Å². The van der Waals surface area contributed by atoms with Gasteiger partial charge in [-0.25, -0.2) is 0 Å². The predicted octanol–water partition coefficient (Wildman–Crippen LogP) is 2.42. The van der Waals surface area contributed by atoms with Gasteiger partial charge in [-0.05, 0) is 31.5 Å². The van der Waals surface area contributed by atoms with E-state index in [2.05, 4.69) is 10.4 Å². The van der Waals surface area contributed by atoms with Crippen molar-refractivity contribution in [2.24, 2.45) is 12.5 Å². The Bertz CT molecular complexity index is 1150. The first-order chi connectivity index (χ1) is 14.5. The Morgan fingerprint density at radius 3 is 2.81 bits per heavy atom. The number of fused-ring (bicyclic) bond motifs is 5. The van der Waals surface area contributed by atoms with Crippen molar-refractivity contribution in [2.75, 3.05) is 5.32 Å². The van der Waals surface area contributed by atoms with Crippen LogP contribution in [-0.2, 0) is 28.2 Å². The molecule has 3 heterocycles. The molecule has 3 aliphatic rings. The van der Waals surface area contributed by atoms with Gasteiger partial charge in [-0.2, -0.15) is 23.5 Å². The summed E-state index contributed by atoms with van der Waals surface area (Å²) in [4.78, 5) is 13.4. The van der Waals surface area contributed by atoms with E-state index in [0.717, 1.165) is 23.4 Å². The summed E-state index contributed by atoms with van der Waals surface area (Å²) in [5, 5.41) is 26.4. The number of halogens is 3. The van der Waals surface area contributed by atoms with Crippen LogP contribution in [0.5, 0.6) is 0 Å². The number of hydrogen-bond acceptors (Lipinski definition) is 5. The molecule has 31 heavy (non-hydrogen) atoms. The highest BCUT2D eigenvalue weighted by Gasteiger charge is 2.87. The number of aliphatic hydroxyl groups is 1. The van der Waals surface area contributed by atoms with Crippen molar-refractivity contribution in [3.63, 3.8) is 0 Å². The molecule has 7 nitrogen and oxygen atoms in total. The summed E-state index contributed by atoms with van der Waals surface area (Å²) in [6, 6.07) is 4.63. The number of aromatic nitrogens is 2. The molecule has 3 fully saturated rings. The number of aryl methyl sites for hydroxylation is 2. The van der Waals surface area contributed by atoms with E-state index in [0.29, 0.717) is 12.8 Å². The molecule has 2 aromatic rings. The second-order valence-electron chi connectivity index (χ2n) is 8.59. The molecule has 2 aliphatic heterocycles. The van der Waals surface area contributed by atoms with Gasteiger partial charge < -0.3 is 15.2 Å². The van der Waals surface area contributed by atoms with Crippen LogP contribution in [-0.4, -0.2) is 39.1 Å². The predicted molar refractivity (Wildman–Crippen MR) is 101 cm³/mol. The maximum absolute atomic E-state index is 13.4. The van der Waals surface area contributed by atoms with E-state index < -0.39 is 52.4 Å². The molecular formula is C21H19F3N4O3. The van der Waals surface area contributed by atoms with Gasteiger partial charge >= 0.3 is 6.18 Å². The molecule has 0 radical (unpaired) electrons. The number of alkyl halides is 3. The molecule has 2 bridgehead atoms. The van der Waals surface area contributed by atoms with Crippen molar-refractivity contribution in [3.05, 3.63) is 46.8 Å². The number of aliphatic hydroxyl groups excluding tert-OH is 1. The molecule has 10 heteroatoms. The van der Waals surface area contributed by atoms with Crippen molar-refractivity contribution in [3.8, 4) is 6.07 Å². The van der Waals surface area contributed by atoms with Crippen LogP contribution in [0.1, 0.15) is 35.2 Å². The van der Waals surface area contributed by atoms with Gasteiger partial charge in [0.1, 0.15) is 0 Å². The van der Waals surface area contributed by atoms with Crippen LogP contribution in [0.3, 0.4) is 0 Å². The number of nitriles is 1. The van der Waals surface area contributed by atoms with Gasteiger partial charge in [-0.1, -0.05) is 0 Å². The van der Waals surface area contributed by atoms with Crippen molar-refractivity contribution in [1.29, 1.82) is 5.26 Å². The molecule has 162 valence electrons. The largest absolute Gasteiger partial charge is 0.417 e. The number of benzene rings is 1. The Morgan fingerprint density at radius 2 is 2.19 bits per heavy atom. The summed E-state index contributed by atoms with van der Waals surface area (Å²) in [5.41, 5.74) is -1.88. The Balaban J connectivity index is 1.52. The van der Waals surface area contributed by atoms with Crippen molar-refractivity contribution in [1.82, 2.24) is 9.78 Å². The minimum Gasteiger partial charge on any atom is -0.390 e. The second-order valence-corrected chi connectivity index (χ2v) is 8.59. The van der Waals surface area contributed by atoms with E-state index in [1.807, 2.05) is 13.1 Å². The van der Waals surface area contributed by atoms with Crippen LogP contribution in [0.25, 0.3) is 0 Å². The summed E-state index contributed by atoms with van der Waals surface area (Å²) >= 11 is 0. The average Bonchev–Trinajstić information content (AvgIpc) is 2.92. The highest BCUT2D eigenvalue weighted by Crippen LogP contribution is 2.78. The Labute approximate surface area is 175 Å². The van der Waals surface area contributed by atoms with Gasteiger partial charge in [-0.3, -0.25) is 9.48 Å². The molecule has 0 spiro atoms. The second kappa shape index (κ2) is 6.08. The van der Waals surface area contributed by atoms with E-state index in [9.17, 15) is 23.1 Å². The van der Waals surface area contributed by atoms with E-state index in [4.69, 9.17) is 10.00 Å². The average molecular weight is 432 g/mol. The highest BCUT2D eigenvalue weighted by molar-refractivity contribution is 6.01. The van der Waals surface area contributed by atoms with Crippen molar-refractivity contribution >= 4 is 11.6 Å². The molecule has 1 amide bonds. The third-order valence-electron chi connectivity index (χ3n) is 6.98. The number of rotatable bonds is 3. The maximum Gasteiger partial charge on any atom is 0.417 e. The standard InChI is InChI=1S/C21H19F3N4O3/c1-10-14(8-28(2)27-10)19-9-20(19,16-6-15(29)17(19)31-16)18(30)26-12-4-3-11(7-25)13(5-12)21(22,23)24/h3-5,8,15-17,29H,6,9H2,1-2H3,(H,26,30)/t15-,16+,17-,19+,20+/m0/s1. The number of carbonyl (C=O) groups is 1. The summed E-state index contributed by atoms with van der Waals surface area (Å²) in [6.45, 7) is 1.82. The Morgan fingerprint density at radius 1 is 1.45 bits per heavy atom. The first kappa shape index (κ1) is 20.0. The molecule has 5 atom stereocenters. The van der Waals surface area contributed by atoms with E-state index >= 15 is 0 Å². The summed E-state index contributed by atoms with van der Waals surface area (Å²) in [5.74, 6) is -0.451. The molecular weight excluding hydrogens is 413 g/mol. The monoisotopic (exact) mass is 432 g/mol. The Hall–Kier alpha value is -2.90. The zero-order chi connectivity index (χ0) is 22.3. The first-order valence-corrected chi connectivity index (χ1v) is 9.81. The minimum absolute atomic E-state index is 0.0438. The number of ether oxygens (including phenoxy) is 1. The third-order valence-corrected chi connectivity index (χ3v) is 6.98. The first-order valence-electron chi connectivity index (χ1n) is 9.81. The van der Waals surface area contributed by atoms with Crippen LogP contribution in [0.15, 0.2) is 24.4 Å². The normalized spacial score (nSPS) is 33.1. The lowest BCUT2D eigenvalue weighted by atomic mass is 9.74. The van der Waals surface area contributed by atoms with Gasteiger partial charge in [0.05, 0.1) is 46.6 Å². The SMILES string of the molecule is Cc1nn(C)cc1[C@@]12C[C@]1(C(=O)Nc1ccc(C#N)c(C(F)(F)F)c1)[C@H]1C[C@H](O)[C@@H]2O1. The van der Waals surface area contributed by atoms with E-state index in [1.165, 1.54) is 12.1 Å². The van der Waals surface area contributed by atoms with Crippen molar-refractivity contribution in [2.45, 2.75) is 49.7 Å². The van der Waals surface area contributed by atoms with Crippen molar-refractivity contribution < 1.29 is 27.8 Å². The summed E-state index contributed by atoms with van der Waals surface area (Å²) in [6.07, 6.45) is -4.02. The van der Waals surface area contributed by atoms with Gasteiger partial charge in [0.2, 0.25) is 5.91 Å². The molecule has 1 aromatic heterocycles. The molecule has 2 saturated heterocycles. The number of hydrogen-bond donors (Lipinski definition) is 2. The number of anilines is 1. The fraction of sp³-hybridized carbons (Fsp3) is 0.476. The number of nitrogens with zero attached hydrogens (tertiary/aromatic N) is 3. The maximum atomic E-state index is 13.4. The molecule has 1 saturated carbocycles. The fourth-order valence-corrected chi connectivity index (χ4v) is 5.73. The minimum atomic E-state index is -4.72. The van der Waals surface area contributed by atoms with Crippen LogP contribution in [0.4, 0.5) is 18.9 Å². The summed E-state index contributed by atoms with van der Waals surface area (Å²) in [7, 11) is 1.76. The smallest absolute Gasteiger partial charge is 0.390 e. The molecule has 1 aromatic carbocycles. The van der Waals surface area contributed by atoms with Crippen LogP contribution >= 0.6 is 0 Å². The lowest BCUT2D eigenvalue weighted by molar-refractivity contribution is -0.137. The topological polar surface area (TPSA) is 100 Å². The fourth-order valence-electron chi connectivity index (χ4n) is 5.73. The molecule has 0 unspecified atom stereocenters.